The zero-order chi connectivity index (χ0) is 14.5. The lowest BCUT2D eigenvalue weighted by atomic mass is 10.1. The van der Waals surface area contributed by atoms with Crippen LogP contribution >= 0.6 is 0 Å². The van der Waals surface area contributed by atoms with Crippen molar-refractivity contribution in [3.05, 3.63) is 35.4 Å². The smallest absolute Gasteiger partial charge is 0.0869 e. The predicted molar refractivity (Wildman–Crippen MR) is 81.3 cm³/mol. The summed E-state index contributed by atoms with van der Waals surface area (Å²) in [5, 5.41) is 13.6. The normalized spacial score (nSPS) is 14.9. The van der Waals surface area contributed by atoms with Crippen molar-refractivity contribution in [2.75, 3.05) is 20.1 Å². The molecule has 1 atom stereocenters. The predicted octanol–water partition coefficient (Wildman–Crippen LogP) is 2.18. The highest BCUT2D eigenvalue weighted by molar-refractivity contribution is 5.21. The highest BCUT2D eigenvalue weighted by Crippen LogP contribution is 2.10. The van der Waals surface area contributed by atoms with Crippen LogP contribution in [-0.2, 0) is 6.54 Å². The molecule has 0 aliphatic heterocycles. The summed E-state index contributed by atoms with van der Waals surface area (Å²) in [5.74, 6) is 0. The van der Waals surface area contributed by atoms with Crippen molar-refractivity contribution in [2.45, 2.75) is 45.9 Å². The third-order valence-corrected chi connectivity index (χ3v) is 3.07. The van der Waals surface area contributed by atoms with Gasteiger partial charge in [0.1, 0.15) is 0 Å². The summed E-state index contributed by atoms with van der Waals surface area (Å²) in [7, 11) is 2.05. The maximum atomic E-state index is 10.4. The summed E-state index contributed by atoms with van der Waals surface area (Å²) in [6.07, 6.45) is 0. The number of rotatable bonds is 7. The van der Waals surface area contributed by atoms with Gasteiger partial charge in [-0.2, -0.15) is 0 Å². The van der Waals surface area contributed by atoms with Crippen LogP contribution in [0.4, 0.5) is 0 Å². The van der Waals surface area contributed by atoms with Crippen molar-refractivity contribution < 1.29 is 5.11 Å². The van der Waals surface area contributed by atoms with E-state index in [0.717, 1.165) is 6.54 Å². The lowest BCUT2D eigenvalue weighted by Gasteiger charge is -2.30. The van der Waals surface area contributed by atoms with Gasteiger partial charge < -0.3 is 10.4 Å². The number of nitrogens with one attached hydrogen (secondary N) is 1. The second-order valence-electron chi connectivity index (χ2n) is 6.19. The van der Waals surface area contributed by atoms with Gasteiger partial charge in [-0.15, -0.1) is 0 Å². The van der Waals surface area contributed by atoms with Crippen LogP contribution in [0.2, 0.25) is 0 Å². The Balaban J connectivity index is 2.45. The van der Waals surface area contributed by atoms with Gasteiger partial charge in [-0.05, 0) is 26.5 Å². The lowest BCUT2D eigenvalue weighted by Crippen LogP contribution is -2.47. The Morgan fingerprint density at radius 3 is 2.37 bits per heavy atom. The maximum absolute atomic E-state index is 10.4. The van der Waals surface area contributed by atoms with Crippen LogP contribution in [0.25, 0.3) is 0 Å². The third-order valence-electron chi connectivity index (χ3n) is 3.07. The first-order valence-electron chi connectivity index (χ1n) is 6.98. The van der Waals surface area contributed by atoms with Crippen LogP contribution in [0.5, 0.6) is 0 Å². The number of hydrogen-bond donors (Lipinski definition) is 2. The van der Waals surface area contributed by atoms with E-state index < -0.39 is 5.60 Å². The molecule has 1 rings (SSSR count). The highest BCUT2D eigenvalue weighted by atomic mass is 16.3. The average molecular weight is 264 g/mol. The van der Waals surface area contributed by atoms with Crippen molar-refractivity contribution in [1.82, 2.24) is 10.2 Å². The first-order valence-corrected chi connectivity index (χ1v) is 6.98. The van der Waals surface area contributed by atoms with Crippen molar-refractivity contribution in [2.24, 2.45) is 0 Å². The Labute approximate surface area is 117 Å². The van der Waals surface area contributed by atoms with E-state index in [1.807, 2.05) is 14.0 Å². The molecule has 0 radical (unpaired) electrons. The van der Waals surface area contributed by atoms with Gasteiger partial charge in [0, 0.05) is 25.7 Å². The van der Waals surface area contributed by atoms with Crippen LogP contribution in [0.15, 0.2) is 24.3 Å². The number of likely N-dealkylation sites (N-methyl/N-ethyl adjacent to an activating group) is 1. The molecule has 3 nitrogen and oxygen atoms in total. The van der Waals surface area contributed by atoms with Crippen LogP contribution in [-0.4, -0.2) is 41.8 Å². The van der Waals surface area contributed by atoms with Gasteiger partial charge in [0.25, 0.3) is 0 Å². The van der Waals surface area contributed by atoms with Gasteiger partial charge in [-0.3, -0.25) is 4.90 Å². The van der Waals surface area contributed by atoms with Crippen LogP contribution in [0.3, 0.4) is 0 Å². The number of aliphatic hydroxyl groups is 1. The fourth-order valence-electron chi connectivity index (χ4n) is 2.12. The second-order valence-corrected chi connectivity index (χ2v) is 6.19. The minimum absolute atomic E-state index is 0.397. The van der Waals surface area contributed by atoms with E-state index in [0.29, 0.717) is 19.1 Å². The largest absolute Gasteiger partial charge is 0.388 e. The summed E-state index contributed by atoms with van der Waals surface area (Å²) in [6.45, 7) is 10.3. The fourth-order valence-corrected chi connectivity index (χ4v) is 2.12. The van der Waals surface area contributed by atoms with Gasteiger partial charge in [-0.1, -0.05) is 43.7 Å². The van der Waals surface area contributed by atoms with E-state index in [1.165, 1.54) is 11.1 Å². The Kier molecular flexibility index (Phi) is 5.98. The van der Waals surface area contributed by atoms with E-state index in [1.54, 1.807) is 0 Å². The molecule has 0 aliphatic rings. The topological polar surface area (TPSA) is 35.5 Å². The molecule has 108 valence electrons. The number of benzene rings is 1. The molecule has 0 aromatic heterocycles. The van der Waals surface area contributed by atoms with E-state index in [9.17, 15) is 5.11 Å². The molecule has 1 aromatic carbocycles. The molecular formula is C16H28N2O. The Bertz CT molecular complexity index is 371. The second kappa shape index (κ2) is 7.04. The molecule has 0 saturated carbocycles. The molecule has 0 aliphatic carbocycles. The first kappa shape index (κ1) is 16.2. The maximum Gasteiger partial charge on any atom is 0.0869 e. The molecule has 2 N–H and O–H groups in total. The zero-order valence-corrected chi connectivity index (χ0v) is 12.9. The monoisotopic (exact) mass is 264 g/mol. The van der Waals surface area contributed by atoms with Crippen LogP contribution < -0.4 is 5.32 Å². The molecule has 1 unspecified atom stereocenters. The number of hydrogen-bond acceptors (Lipinski definition) is 3. The molecular weight excluding hydrogens is 236 g/mol. The van der Waals surface area contributed by atoms with E-state index in [-0.39, 0.29) is 0 Å². The van der Waals surface area contributed by atoms with Gasteiger partial charge in [0.05, 0.1) is 5.60 Å². The Morgan fingerprint density at radius 1 is 1.26 bits per heavy atom. The SMILES string of the molecule is Cc1ccc(CN(C)CC(C)(O)CNC(C)C)cc1. The molecule has 0 heterocycles. The van der Waals surface area contributed by atoms with Gasteiger partial charge in [0.15, 0.2) is 0 Å². The van der Waals surface area contributed by atoms with Crippen molar-refractivity contribution in [3.63, 3.8) is 0 Å². The van der Waals surface area contributed by atoms with Crippen LogP contribution in [0, 0.1) is 6.92 Å². The molecule has 0 spiro atoms. The van der Waals surface area contributed by atoms with Gasteiger partial charge in [-0.25, -0.2) is 0 Å². The molecule has 3 heteroatoms. The van der Waals surface area contributed by atoms with Crippen molar-refractivity contribution in [3.8, 4) is 0 Å². The quantitative estimate of drug-likeness (QED) is 0.792. The Morgan fingerprint density at radius 2 is 1.84 bits per heavy atom. The molecule has 0 saturated heterocycles. The standard InChI is InChI=1S/C16H28N2O/c1-13(2)17-11-16(4,19)12-18(5)10-15-8-6-14(3)7-9-15/h6-9,13,17,19H,10-12H2,1-5H3. The molecule has 0 amide bonds. The Hall–Kier alpha value is -0.900. The molecule has 1 aromatic rings. The zero-order valence-electron chi connectivity index (χ0n) is 12.9. The van der Waals surface area contributed by atoms with E-state index in [4.69, 9.17) is 0 Å². The fraction of sp³-hybridized carbons (Fsp3) is 0.625. The highest BCUT2D eigenvalue weighted by Gasteiger charge is 2.22. The summed E-state index contributed by atoms with van der Waals surface area (Å²) in [4.78, 5) is 2.16. The third kappa shape index (κ3) is 6.71. The summed E-state index contributed by atoms with van der Waals surface area (Å²) in [5.41, 5.74) is 1.85. The lowest BCUT2D eigenvalue weighted by molar-refractivity contribution is 0.0240. The van der Waals surface area contributed by atoms with E-state index in [2.05, 4.69) is 55.3 Å². The molecule has 0 fully saturated rings. The summed E-state index contributed by atoms with van der Waals surface area (Å²) >= 11 is 0. The summed E-state index contributed by atoms with van der Waals surface area (Å²) < 4.78 is 0. The summed E-state index contributed by atoms with van der Waals surface area (Å²) in [6, 6.07) is 8.94. The van der Waals surface area contributed by atoms with E-state index >= 15 is 0 Å². The van der Waals surface area contributed by atoms with Crippen LogP contribution in [0.1, 0.15) is 31.9 Å². The number of nitrogens with zero attached hydrogens (tertiary/aromatic N) is 1. The number of aryl methyl sites for hydroxylation is 1. The average Bonchev–Trinajstić information content (AvgIpc) is 2.29. The minimum Gasteiger partial charge on any atom is -0.388 e. The van der Waals surface area contributed by atoms with Gasteiger partial charge in [0.2, 0.25) is 0 Å². The molecule has 19 heavy (non-hydrogen) atoms. The van der Waals surface area contributed by atoms with Crippen molar-refractivity contribution >= 4 is 0 Å². The van der Waals surface area contributed by atoms with Gasteiger partial charge >= 0.3 is 0 Å². The van der Waals surface area contributed by atoms with Crippen molar-refractivity contribution in [1.29, 1.82) is 0 Å². The molecule has 0 bridgehead atoms. The minimum atomic E-state index is -0.705. The first-order chi connectivity index (χ1) is 8.78.